The number of aromatic nitrogens is 2. The van der Waals surface area contributed by atoms with Crippen LogP contribution >= 0.6 is 0 Å². The number of amides is 1. The average molecular weight is 263 g/mol. The fourth-order valence-corrected chi connectivity index (χ4v) is 1.97. The molecule has 1 aliphatic rings. The van der Waals surface area contributed by atoms with E-state index in [0.29, 0.717) is 12.2 Å². The number of nitrogens with one attached hydrogen (secondary N) is 1. The molecule has 1 N–H and O–H groups in total. The van der Waals surface area contributed by atoms with E-state index in [9.17, 15) is 4.79 Å². The molecule has 0 atom stereocenters. The molecule has 1 aromatic rings. The molecule has 104 valence electrons. The first-order valence-corrected chi connectivity index (χ1v) is 6.74. The highest BCUT2D eigenvalue weighted by atomic mass is 16.1. The number of hydrogen-bond donors (Lipinski definition) is 1. The normalized spacial score (nSPS) is 16.4. The van der Waals surface area contributed by atoms with Crippen LogP contribution in [0.25, 0.3) is 0 Å². The maximum absolute atomic E-state index is 11.7. The lowest BCUT2D eigenvalue weighted by Gasteiger charge is -2.32. The zero-order valence-corrected chi connectivity index (χ0v) is 11.6. The molecule has 2 rings (SSSR count). The third-order valence-electron chi connectivity index (χ3n) is 3.23. The predicted octanol–water partition coefficient (Wildman–Crippen LogP) is 0.368. The maximum atomic E-state index is 11.7. The van der Waals surface area contributed by atoms with Gasteiger partial charge in [0.05, 0.1) is 12.4 Å². The van der Waals surface area contributed by atoms with Gasteiger partial charge >= 0.3 is 0 Å². The van der Waals surface area contributed by atoms with Gasteiger partial charge in [0.15, 0.2) is 0 Å². The fraction of sp³-hybridized carbons (Fsp3) is 0.615. The lowest BCUT2D eigenvalue weighted by molar-refractivity contribution is 0.0948. The molecule has 6 nitrogen and oxygen atoms in total. The molecule has 0 unspecified atom stereocenters. The Bertz CT molecular complexity index is 412. The van der Waals surface area contributed by atoms with Crippen LogP contribution in [0.2, 0.25) is 0 Å². The van der Waals surface area contributed by atoms with Crippen molar-refractivity contribution in [2.24, 2.45) is 0 Å². The summed E-state index contributed by atoms with van der Waals surface area (Å²) < 4.78 is 0. The van der Waals surface area contributed by atoms with Crippen molar-refractivity contribution >= 4 is 11.7 Å². The Morgan fingerprint density at radius 3 is 2.58 bits per heavy atom. The van der Waals surface area contributed by atoms with Crippen molar-refractivity contribution in [3.8, 4) is 0 Å². The van der Waals surface area contributed by atoms with Crippen LogP contribution in [0.15, 0.2) is 12.4 Å². The summed E-state index contributed by atoms with van der Waals surface area (Å²) in [6.45, 7) is 6.64. The van der Waals surface area contributed by atoms with Crippen LogP contribution < -0.4 is 10.2 Å². The van der Waals surface area contributed by atoms with Gasteiger partial charge in [-0.1, -0.05) is 6.92 Å². The van der Waals surface area contributed by atoms with E-state index < -0.39 is 0 Å². The van der Waals surface area contributed by atoms with Gasteiger partial charge in [0.25, 0.3) is 5.91 Å². The number of carbonyl (C=O) groups is 1. The van der Waals surface area contributed by atoms with Gasteiger partial charge in [0, 0.05) is 32.7 Å². The lowest BCUT2D eigenvalue weighted by atomic mass is 10.3. The van der Waals surface area contributed by atoms with E-state index in [4.69, 9.17) is 0 Å². The van der Waals surface area contributed by atoms with Crippen LogP contribution in [-0.2, 0) is 0 Å². The molecule has 0 saturated carbocycles. The third-order valence-corrected chi connectivity index (χ3v) is 3.23. The number of likely N-dealkylation sites (N-methyl/N-ethyl adjacent to an activating group) is 1. The fourth-order valence-electron chi connectivity index (χ4n) is 1.97. The van der Waals surface area contributed by atoms with Crippen LogP contribution in [0.5, 0.6) is 0 Å². The second-order valence-corrected chi connectivity index (χ2v) is 4.81. The van der Waals surface area contributed by atoms with E-state index in [1.165, 1.54) is 0 Å². The van der Waals surface area contributed by atoms with Gasteiger partial charge < -0.3 is 15.1 Å². The van der Waals surface area contributed by atoms with E-state index in [2.05, 4.69) is 32.1 Å². The minimum Gasteiger partial charge on any atom is -0.353 e. The Morgan fingerprint density at radius 1 is 1.26 bits per heavy atom. The van der Waals surface area contributed by atoms with Crippen molar-refractivity contribution in [2.75, 3.05) is 44.7 Å². The van der Waals surface area contributed by atoms with E-state index in [1.807, 2.05) is 6.92 Å². The highest BCUT2D eigenvalue weighted by Gasteiger charge is 2.16. The Balaban J connectivity index is 1.96. The zero-order chi connectivity index (χ0) is 13.7. The van der Waals surface area contributed by atoms with E-state index in [1.54, 1.807) is 12.4 Å². The zero-order valence-electron chi connectivity index (χ0n) is 11.6. The average Bonchev–Trinajstić information content (AvgIpc) is 2.46. The summed E-state index contributed by atoms with van der Waals surface area (Å²) >= 11 is 0. The highest BCUT2D eigenvalue weighted by molar-refractivity contribution is 5.91. The Morgan fingerprint density at radius 2 is 2.00 bits per heavy atom. The third kappa shape index (κ3) is 3.64. The van der Waals surface area contributed by atoms with Gasteiger partial charge in [-0.3, -0.25) is 4.79 Å². The molecule has 1 amide bonds. The lowest BCUT2D eigenvalue weighted by Crippen LogP contribution is -2.44. The van der Waals surface area contributed by atoms with Crippen molar-refractivity contribution in [3.05, 3.63) is 18.1 Å². The molecule has 0 aromatic carbocycles. The molecule has 1 saturated heterocycles. The Labute approximate surface area is 113 Å². The number of rotatable bonds is 4. The number of carbonyl (C=O) groups excluding carboxylic acids is 1. The van der Waals surface area contributed by atoms with Crippen LogP contribution in [0.4, 0.5) is 5.82 Å². The molecule has 1 fully saturated rings. The van der Waals surface area contributed by atoms with Gasteiger partial charge in [0.1, 0.15) is 11.5 Å². The number of hydrogen-bond acceptors (Lipinski definition) is 5. The highest BCUT2D eigenvalue weighted by Crippen LogP contribution is 2.11. The molecule has 1 aliphatic heterocycles. The van der Waals surface area contributed by atoms with Crippen LogP contribution in [0, 0.1) is 0 Å². The first-order chi connectivity index (χ1) is 9.20. The molecule has 2 heterocycles. The van der Waals surface area contributed by atoms with Gasteiger partial charge in [-0.15, -0.1) is 0 Å². The van der Waals surface area contributed by atoms with Crippen molar-refractivity contribution in [1.82, 2.24) is 20.2 Å². The van der Waals surface area contributed by atoms with Crippen molar-refractivity contribution in [2.45, 2.75) is 13.3 Å². The Kier molecular flexibility index (Phi) is 4.68. The second-order valence-electron chi connectivity index (χ2n) is 4.81. The first kappa shape index (κ1) is 13.7. The van der Waals surface area contributed by atoms with E-state index in [-0.39, 0.29) is 5.91 Å². The summed E-state index contributed by atoms with van der Waals surface area (Å²) in [7, 11) is 2.12. The molecule has 6 heteroatoms. The van der Waals surface area contributed by atoms with Gasteiger partial charge in [-0.2, -0.15) is 0 Å². The van der Waals surface area contributed by atoms with Crippen LogP contribution in [-0.4, -0.2) is 60.5 Å². The smallest absolute Gasteiger partial charge is 0.271 e. The molecule has 0 aliphatic carbocycles. The minimum absolute atomic E-state index is 0.153. The summed E-state index contributed by atoms with van der Waals surface area (Å²) in [5.41, 5.74) is 0.381. The summed E-state index contributed by atoms with van der Waals surface area (Å²) in [5.74, 6) is 0.694. The van der Waals surface area contributed by atoms with Crippen molar-refractivity contribution in [3.63, 3.8) is 0 Å². The molecule has 19 heavy (non-hydrogen) atoms. The van der Waals surface area contributed by atoms with E-state index >= 15 is 0 Å². The maximum Gasteiger partial charge on any atom is 0.271 e. The van der Waals surface area contributed by atoms with E-state index in [0.717, 1.165) is 38.4 Å². The quantitative estimate of drug-likeness (QED) is 0.850. The van der Waals surface area contributed by atoms with Crippen molar-refractivity contribution in [1.29, 1.82) is 0 Å². The monoisotopic (exact) mass is 263 g/mol. The molecule has 1 aromatic heterocycles. The number of anilines is 1. The number of nitrogens with zero attached hydrogens (tertiary/aromatic N) is 4. The largest absolute Gasteiger partial charge is 0.353 e. The molecule has 0 radical (unpaired) electrons. The first-order valence-electron chi connectivity index (χ1n) is 6.74. The summed E-state index contributed by atoms with van der Waals surface area (Å²) in [4.78, 5) is 24.7. The molecular weight excluding hydrogens is 242 g/mol. The molecule has 0 bridgehead atoms. The van der Waals surface area contributed by atoms with Gasteiger partial charge in [0.2, 0.25) is 0 Å². The van der Waals surface area contributed by atoms with Crippen LogP contribution in [0.1, 0.15) is 23.8 Å². The summed E-state index contributed by atoms with van der Waals surface area (Å²) in [5, 5.41) is 2.79. The SMILES string of the molecule is CCCNC(=O)c1cnc(N2CCN(C)CC2)cn1. The number of piperazine rings is 1. The molecule has 0 spiro atoms. The Hall–Kier alpha value is -1.69. The minimum atomic E-state index is -0.153. The molecular formula is C13H21N5O. The predicted molar refractivity (Wildman–Crippen MR) is 74.4 cm³/mol. The van der Waals surface area contributed by atoms with Crippen molar-refractivity contribution < 1.29 is 4.79 Å². The second kappa shape index (κ2) is 6.47. The van der Waals surface area contributed by atoms with Crippen LogP contribution in [0.3, 0.4) is 0 Å². The topological polar surface area (TPSA) is 61.4 Å². The summed E-state index contributed by atoms with van der Waals surface area (Å²) in [6.07, 6.45) is 4.16. The van der Waals surface area contributed by atoms with Gasteiger partial charge in [-0.05, 0) is 13.5 Å². The van der Waals surface area contributed by atoms with Gasteiger partial charge in [-0.25, -0.2) is 9.97 Å². The standard InChI is InChI=1S/C13H21N5O/c1-3-4-14-13(19)11-9-16-12(10-15-11)18-7-5-17(2)6-8-18/h9-10H,3-8H2,1-2H3,(H,14,19). The summed E-state index contributed by atoms with van der Waals surface area (Å²) in [6, 6.07) is 0.